The number of rotatable bonds is 2. The van der Waals surface area contributed by atoms with E-state index < -0.39 is 0 Å². The van der Waals surface area contributed by atoms with Crippen molar-refractivity contribution < 1.29 is 0 Å². The summed E-state index contributed by atoms with van der Waals surface area (Å²) in [6, 6.07) is 4.68. The lowest BCUT2D eigenvalue weighted by Crippen LogP contribution is -2.38. The molecule has 0 aromatic carbocycles. The summed E-state index contributed by atoms with van der Waals surface area (Å²) in [6.07, 6.45) is 4.39. The monoisotopic (exact) mass is 191 g/mol. The van der Waals surface area contributed by atoms with Gasteiger partial charge < -0.3 is 10.6 Å². The Labute approximate surface area is 84.9 Å². The van der Waals surface area contributed by atoms with Gasteiger partial charge in [-0.05, 0) is 37.9 Å². The van der Waals surface area contributed by atoms with E-state index >= 15 is 0 Å². The third kappa shape index (κ3) is 2.45. The van der Waals surface area contributed by atoms with E-state index in [0.29, 0.717) is 6.04 Å². The van der Waals surface area contributed by atoms with Crippen molar-refractivity contribution in [2.45, 2.75) is 25.8 Å². The average molecular weight is 191 g/mol. The molecule has 2 N–H and O–H groups in total. The summed E-state index contributed by atoms with van der Waals surface area (Å²) >= 11 is 0. The fourth-order valence-electron chi connectivity index (χ4n) is 1.74. The predicted molar refractivity (Wildman–Crippen MR) is 58.5 cm³/mol. The minimum atomic E-state index is 0.541. The van der Waals surface area contributed by atoms with E-state index in [1.165, 1.54) is 18.4 Å². The van der Waals surface area contributed by atoms with Gasteiger partial charge in [0.25, 0.3) is 0 Å². The lowest BCUT2D eigenvalue weighted by atomic mass is 10.1. The van der Waals surface area contributed by atoms with Gasteiger partial charge in [0.1, 0.15) is 5.82 Å². The van der Waals surface area contributed by atoms with Crippen LogP contribution in [0.15, 0.2) is 18.3 Å². The molecule has 1 saturated heterocycles. The standard InChI is InChI=1S/C11H17N3/c1-9-4-5-11(13-7-9)14-10-3-2-6-12-8-10/h4-5,7,10,12H,2-3,6,8H2,1H3,(H,13,14). The fraction of sp³-hybridized carbons (Fsp3) is 0.545. The van der Waals surface area contributed by atoms with Gasteiger partial charge in [0.15, 0.2) is 0 Å². The van der Waals surface area contributed by atoms with Gasteiger partial charge in [-0.25, -0.2) is 4.98 Å². The zero-order valence-corrected chi connectivity index (χ0v) is 8.59. The number of piperidine rings is 1. The van der Waals surface area contributed by atoms with Crippen LogP contribution in [0.1, 0.15) is 18.4 Å². The molecule has 0 bridgehead atoms. The molecule has 3 heteroatoms. The van der Waals surface area contributed by atoms with Crippen LogP contribution in [0, 0.1) is 6.92 Å². The Bertz CT molecular complexity index is 275. The highest BCUT2D eigenvalue weighted by Crippen LogP contribution is 2.10. The molecule has 0 aliphatic carbocycles. The molecule has 0 radical (unpaired) electrons. The van der Waals surface area contributed by atoms with Crippen molar-refractivity contribution in [1.29, 1.82) is 0 Å². The van der Waals surface area contributed by atoms with Crippen molar-refractivity contribution in [2.75, 3.05) is 18.4 Å². The molecule has 14 heavy (non-hydrogen) atoms. The van der Waals surface area contributed by atoms with Crippen LogP contribution < -0.4 is 10.6 Å². The second-order valence-electron chi connectivity index (χ2n) is 3.91. The highest BCUT2D eigenvalue weighted by molar-refractivity contribution is 5.36. The molecule has 76 valence electrons. The van der Waals surface area contributed by atoms with Crippen molar-refractivity contribution in [1.82, 2.24) is 10.3 Å². The molecule has 0 saturated carbocycles. The average Bonchev–Trinajstić information content (AvgIpc) is 2.23. The first-order valence-corrected chi connectivity index (χ1v) is 5.24. The number of anilines is 1. The molecular weight excluding hydrogens is 174 g/mol. The smallest absolute Gasteiger partial charge is 0.126 e. The van der Waals surface area contributed by atoms with E-state index in [9.17, 15) is 0 Å². The molecule has 1 atom stereocenters. The van der Waals surface area contributed by atoms with Gasteiger partial charge in [0.05, 0.1) is 0 Å². The first kappa shape index (κ1) is 9.46. The van der Waals surface area contributed by atoms with E-state index in [1.807, 2.05) is 12.3 Å². The third-order valence-electron chi connectivity index (χ3n) is 2.56. The number of nitrogens with zero attached hydrogens (tertiary/aromatic N) is 1. The largest absolute Gasteiger partial charge is 0.366 e. The van der Waals surface area contributed by atoms with E-state index in [1.54, 1.807) is 0 Å². The minimum Gasteiger partial charge on any atom is -0.366 e. The van der Waals surface area contributed by atoms with E-state index in [2.05, 4.69) is 28.6 Å². The van der Waals surface area contributed by atoms with Crippen LogP contribution in [-0.4, -0.2) is 24.1 Å². The molecule has 0 spiro atoms. The summed E-state index contributed by atoms with van der Waals surface area (Å²) < 4.78 is 0. The van der Waals surface area contributed by atoms with Gasteiger partial charge in [-0.3, -0.25) is 0 Å². The Hall–Kier alpha value is -1.09. The zero-order chi connectivity index (χ0) is 9.80. The van der Waals surface area contributed by atoms with Gasteiger partial charge in [-0.2, -0.15) is 0 Å². The van der Waals surface area contributed by atoms with Gasteiger partial charge in [-0.15, -0.1) is 0 Å². The molecule has 1 fully saturated rings. The van der Waals surface area contributed by atoms with Crippen LogP contribution in [-0.2, 0) is 0 Å². The van der Waals surface area contributed by atoms with Crippen LogP contribution in [0.2, 0.25) is 0 Å². The van der Waals surface area contributed by atoms with E-state index in [-0.39, 0.29) is 0 Å². The Morgan fingerprint density at radius 2 is 2.43 bits per heavy atom. The van der Waals surface area contributed by atoms with Crippen molar-refractivity contribution in [3.8, 4) is 0 Å². The molecular formula is C11H17N3. The molecule has 1 aromatic rings. The Morgan fingerprint density at radius 3 is 3.07 bits per heavy atom. The first-order valence-electron chi connectivity index (χ1n) is 5.24. The maximum atomic E-state index is 4.33. The van der Waals surface area contributed by atoms with Gasteiger partial charge >= 0.3 is 0 Å². The summed E-state index contributed by atoms with van der Waals surface area (Å²) in [5, 5.41) is 6.81. The number of nitrogens with one attached hydrogen (secondary N) is 2. The second kappa shape index (κ2) is 4.42. The fourth-order valence-corrected chi connectivity index (χ4v) is 1.74. The molecule has 0 amide bonds. The zero-order valence-electron chi connectivity index (χ0n) is 8.59. The number of hydrogen-bond acceptors (Lipinski definition) is 3. The van der Waals surface area contributed by atoms with Crippen molar-refractivity contribution in [2.24, 2.45) is 0 Å². The van der Waals surface area contributed by atoms with Crippen molar-refractivity contribution >= 4 is 5.82 Å². The normalized spacial score (nSPS) is 21.9. The molecule has 2 heterocycles. The van der Waals surface area contributed by atoms with Crippen molar-refractivity contribution in [3.63, 3.8) is 0 Å². The number of aryl methyl sites for hydroxylation is 1. The summed E-state index contributed by atoms with van der Waals surface area (Å²) in [5.74, 6) is 0.990. The topological polar surface area (TPSA) is 37.0 Å². The van der Waals surface area contributed by atoms with Gasteiger partial charge in [0, 0.05) is 18.8 Å². The van der Waals surface area contributed by atoms with Crippen molar-refractivity contribution in [3.05, 3.63) is 23.9 Å². The summed E-state index contributed by atoms with van der Waals surface area (Å²) in [6.45, 7) is 4.26. The molecule has 1 aromatic heterocycles. The number of aromatic nitrogens is 1. The number of hydrogen-bond donors (Lipinski definition) is 2. The molecule has 2 rings (SSSR count). The Morgan fingerprint density at radius 1 is 1.50 bits per heavy atom. The highest BCUT2D eigenvalue weighted by atomic mass is 15.1. The lowest BCUT2D eigenvalue weighted by Gasteiger charge is -2.24. The third-order valence-corrected chi connectivity index (χ3v) is 2.56. The molecule has 1 aliphatic rings. The van der Waals surface area contributed by atoms with E-state index in [4.69, 9.17) is 0 Å². The van der Waals surface area contributed by atoms with E-state index in [0.717, 1.165) is 18.9 Å². The maximum Gasteiger partial charge on any atom is 0.126 e. The quantitative estimate of drug-likeness (QED) is 0.744. The summed E-state index contributed by atoms with van der Waals surface area (Å²) in [5.41, 5.74) is 1.21. The molecule has 1 aliphatic heterocycles. The van der Waals surface area contributed by atoms with Crippen LogP contribution in [0.5, 0.6) is 0 Å². The summed E-state index contributed by atoms with van der Waals surface area (Å²) in [7, 11) is 0. The Balaban J connectivity index is 1.92. The Kier molecular flexibility index (Phi) is 2.99. The predicted octanol–water partition coefficient (Wildman–Crippen LogP) is 1.55. The number of pyridine rings is 1. The van der Waals surface area contributed by atoms with Crippen LogP contribution in [0.3, 0.4) is 0 Å². The SMILES string of the molecule is Cc1ccc(NC2CCCNC2)nc1. The second-order valence-corrected chi connectivity index (χ2v) is 3.91. The van der Waals surface area contributed by atoms with Gasteiger partial charge in [0.2, 0.25) is 0 Å². The lowest BCUT2D eigenvalue weighted by molar-refractivity contribution is 0.479. The van der Waals surface area contributed by atoms with Gasteiger partial charge in [-0.1, -0.05) is 6.07 Å². The summed E-state index contributed by atoms with van der Waals surface area (Å²) in [4.78, 5) is 4.33. The van der Waals surface area contributed by atoms with Crippen LogP contribution in [0.25, 0.3) is 0 Å². The first-order chi connectivity index (χ1) is 6.84. The maximum absolute atomic E-state index is 4.33. The minimum absolute atomic E-state index is 0.541. The molecule has 1 unspecified atom stereocenters. The van der Waals surface area contributed by atoms with Crippen LogP contribution in [0.4, 0.5) is 5.82 Å². The molecule has 3 nitrogen and oxygen atoms in total. The highest BCUT2D eigenvalue weighted by Gasteiger charge is 2.12. The van der Waals surface area contributed by atoms with Crippen LogP contribution >= 0.6 is 0 Å².